The van der Waals surface area contributed by atoms with Crippen molar-refractivity contribution in [3.05, 3.63) is 65.7 Å². The minimum atomic E-state index is -0.502. The number of ether oxygens (including phenoxy) is 1. The molecule has 2 aliphatic rings. The third kappa shape index (κ3) is 2.63. The SMILES string of the molecule is O=C1N=C(c2ccccc2OCc2ccccc2)N=C2N=NN=C12. The van der Waals surface area contributed by atoms with Gasteiger partial charge in [-0.25, -0.2) is 4.99 Å². The van der Waals surface area contributed by atoms with Crippen LogP contribution in [0, 0.1) is 0 Å². The van der Waals surface area contributed by atoms with Crippen LogP contribution in [0.15, 0.2) is 80.0 Å². The Morgan fingerprint density at radius 2 is 1.67 bits per heavy atom. The molecule has 7 heteroatoms. The molecule has 0 N–H and O–H groups in total. The summed E-state index contributed by atoms with van der Waals surface area (Å²) in [5, 5.41) is 10.8. The van der Waals surface area contributed by atoms with Crippen molar-refractivity contribution in [2.75, 3.05) is 0 Å². The summed E-state index contributed by atoms with van der Waals surface area (Å²) in [7, 11) is 0. The smallest absolute Gasteiger partial charge is 0.303 e. The average Bonchev–Trinajstić information content (AvgIpc) is 3.10. The summed E-state index contributed by atoms with van der Waals surface area (Å²) in [5.41, 5.74) is 1.73. The van der Waals surface area contributed by atoms with Gasteiger partial charge in [0.2, 0.25) is 11.5 Å². The minimum Gasteiger partial charge on any atom is -0.488 e. The van der Waals surface area contributed by atoms with E-state index < -0.39 is 5.91 Å². The van der Waals surface area contributed by atoms with E-state index in [0.29, 0.717) is 17.9 Å². The van der Waals surface area contributed by atoms with Gasteiger partial charge in [-0.2, -0.15) is 4.99 Å². The maximum absolute atomic E-state index is 12.0. The highest BCUT2D eigenvalue weighted by molar-refractivity contribution is 6.69. The Hall–Kier alpha value is -3.48. The van der Waals surface area contributed by atoms with Crippen molar-refractivity contribution in [1.82, 2.24) is 0 Å². The lowest BCUT2D eigenvalue weighted by atomic mass is 10.1. The van der Waals surface area contributed by atoms with Gasteiger partial charge in [0, 0.05) is 0 Å². The number of rotatable bonds is 4. The van der Waals surface area contributed by atoms with E-state index in [0.717, 1.165) is 5.56 Å². The first-order valence-corrected chi connectivity index (χ1v) is 7.28. The van der Waals surface area contributed by atoms with E-state index in [1.165, 1.54) is 0 Å². The fourth-order valence-corrected chi connectivity index (χ4v) is 2.32. The van der Waals surface area contributed by atoms with Crippen LogP contribution in [-0.2, 0) is 11.4 Å². The molecule has 2 aromatic carbocycles. The number of nitrogens with zero attached hydrogens (tertiary/aromatic N) is 5. The van der Waals surface area contributed by atoms with E-state index in [-0.39, 0.29) is 17.4 Å². The highest BCUT2D eigenvalue weighted by Crippen LogP contribution is 2.23. The average molecular weight is 317 g/mol. The molecule has 7 nitrogen and oxygen atoms in total. The topological polar surface area (TPSA) is 88.1 Å². The number of para-hydroxylation sites is 1. The number of carbonyl (C=O) groups is 1. The number of carbonyl (C=O) groups excluding carboxylic acids is 1. The molecule has 0 saturated carbocycles. The van der Waals surface area contributed by atoms with Crippen molar-refractivity contribution in [2.24, 2.45) is 25.4 Å². The predicted octanol–water partition coefficient (Wildman–Crippen LogP) is 2.77. The Morgan fingerprint density at radius 3 is 2.54 bits per heavy atom. The van der Waals surface area contributed by atoms with Crippen molar-refractivity contribution >= 4 is 23.3 Å². The molecule has 0 atom stereocenters. The first-order chi connectivity index (χ1) is 11.8. The van der Waals surface area contributed by atoms with Crippen LogP contribution in [0.5, 0.6) is 5.75 Å². The Labute approximate surface area is 137 Å². The zero-order chi connectivity index (χ0) is 16.4. The summed E-state index contributed by atoms with van der Waals surface area (Å²) < 4.78 is 5.88. The third-order valence-corrected chi connectivity index (χ3v) is 3.48. The van der Waals surface area contributed by atoms with Gasteiger partial charge in [0.05, 0.1) is 5.56 Å². The highest BCUT2D eigenvalue weighted by atomic mass is 16.5. The number of amides is 1. The molecular formula is C17H11N5O2. The van der Waals surface area contributed by atoms with Crippen LogP contribution in [0.2, 0.25) is 0 Å². The maximum atomic E-state index is 12.0. The molecule has 0 aromatic heterocycles. The number of hydrogen-bond donors (Lipinski definition) is 0. The molecule has 0 unspecified atom stereocenters. The van der Waals surface area contributed by atoms with Crippen LogP contribution in [-0.4, -0.2) is 23.3 Å². The summed E-state index contributed by atoms with van der Waals surface area (Å²) >= 11 is 0. The molecule has 0 aliphatic carbocycles. The number of hydrogen-bond acceptors (Lipinski definition) is 6. The first-order valence-electron chi connectivity index (χ1n) is 7.28. The van der Waals surface area contributed by atoms with E-state index in [1.54, 1.807) is 6.07 Å². The largest absolute Gasteiger partial charge is 0.488 e. The molecule has 2 heterocycles. The summed E-state index contributed by atoms with van der Waals surface area (Å²) in [6.07, 6.45) is 0. The zero-order valence-electron chi connectivity index (χ0n) is 12.5. The van der Waals surface area contributed by atoms with E-state index in [4.69, 9.17) is 4.74 Å². The molecule has 0 bridgehead atoms. The van der Waals surface area contributed by atoms with Crippen molar-refractivity contribution in [3.63, 3.8) is 0 Å². The standard InChI is InChI=1S/C17H11N5O2/c23-17-14-16(21-22-20-14)18-15(19-17)12-8-4-5-9-13(12)24-10-11-6-2-1-3-7-11/h1-9H,10H2. The molecule has 116 valence electrons. The molecular weight excluding hydrogens is 306 g/mol. The lowest BCUT2D eigenvalue weighted by Gasteiger charge is -2.12. The number of fused-ring (bicyclic) bond motifs is 1. The van der Waals surface area contributed by atoms with Gasteiger partial charge in [0.1, 0.15) is 12.4 Å². The van der Waals surface area contributed by atoms with Crippen LogP contribution >= 0.6 is 0 Å². The maximum Gasteiger partial charge on any atom is 0.303 e. The fourth-order valence-electron chi connectivity index (χ4n) is 2.32. The second kappa shape index (κ2) is 5.96. The van der Waals surface area contributed by atoms with Gasteiger partial charge in [-0.05, 0) is 22.9 Å². The van der Waals surface area contributed by atoms with Gasteiger partial charge in [0.25, 0.3) is 0 Å². The highest BCUT2D eigenvalue weighted by Gasteiger charge is 2.28. The molecule has 4 rings (SSSR count). The van der Waals surface area contributed by atoms with Gasteiger partial charge < -0.3 is 4.74 Å². The van der Waals surface area contributed by atoms with Gasteiger partial charge in [0.15, 0.2) is 5.84 Å². The monoisotopic (exact) mass is 317 g/mol. The quantitative estimate of drug-likeness (QED) is 0.868. The molecule has 1 amide bonds. The molecule has 0 radical (unpaired) electrons. The lowest BCUT2D eigenvalue weighted by molar-refractivity contribution is -0.111. The molecule has 2 aliphatic heterocycles. The Kier molecular flexibility index (Phi) is 3.51. The van der Waals surface area contributed by atoms with Crippen LogP contribution in [0.1, 0.15) is 11.1 Å². The van der Waals surface area contributed by atoms with Crippen LogP contribution in [0.25, 0.3) is 0 Å². The van der Waals surface area contributed by atoms with Gasteiger partial charge in [-0.3, -0.25) is 4.79 Å². The Balaban J connectivity index is 1.64. The van der Waals surface area contributed by atoms with Crippen LogP contribution < -0.4 is 4.74 Å². The third-order valence-electron chi connectivity index (χ3n) is 3.48. The molecule has 24 heavy (non-hydrogen) atoms. The predicted molar refractivity (Wildman–Crippen MR) is 88.5 cm³/mol. The minimum absolute atomic E-state index is 0.0708. The molecule has 0 fully saturated rings. The Bertz CT molecular complexity index is 929. The summed E-state index contributed by atoms with van der Waals surface area (Å²) in [5.74, 6) is 0.520. The number of amidine groups is 2. The van der Waals surface area contributed by atoms with E-state index in [9.17, 15) is 4.79 Å². The van der Waals surface area contributed by atoms with E-state index >= 15 is 0 Å². The molecule has 0 spiro atoms. The van der Waals surface area contributed by atoms with Crippen molar-refractivity contribution in [1.29, 1.82) is 0 Å². The normalized spacial score (nSPS) is 15.5. The second-order valence-corrected chi connectivity index (χ2v) is 5.08. The fraction of sp³-hybridized carbons (Fsp3) is 0.0588. The lowest BCUT2D eigenvalue weighted by Crippen LogP contribution is -2.26. The van der Waals surface area contributed by atoms with Crippen LogP contribution in [0.4, 0.5) is 0 Å². The zero-order valence-corrected chi connectivity index (χ0v) is 12.5. The molecule has 0 saturated heterocycles. The second-order valence-electron chi connectivity index (χ2n) is 5.08. The number of aliphatic imine (C=N–C) groups is 2. The molecule has 2 aromatic rings. The van der Waals surface area contributed by atoms with Gasteiger partial charge in [-0.15, -0.1) is 10.2 Å². The van der Waals surface area contributed by atoms with E-state index in [1.807, 2.05) is 48.5 Å². The first kappa shape index (κ1) is 14.1. The summed E-state index contributed by atoms with van der Waals surface area (Å²) in [6.45, 7) is 0.405. The Morgan fingerprint density at radius 1 is 0.875 bits per heavy atom. The summed E-state index contributed by atoms with van der Waals surface area (Å²) in [6, 6.07) is 17.1. The van der Waals surface area contributed by atoms with Crippen molar-refractivity contribution in [3.8, 4) is 5.75 Å². The summed E-state index contributed by atoms with van der Waals surface area (Å²) in [4.78, 5) is 20.2. The number of benzene rings is 2. The van der Waals surface area contributed by atoms with Crippen molar-refractivity contribution < 1.29 is 9.53 Å². The van der Waals surface area contributed by atoms with Gasteiger partial charge in [-0.1, -0.05) is 42.5 Å². The van der Waals surface area contributed by atoms with Crippen LogP contribution in [0.3, 0.4) is 0 Å². The van der Waals surface area contributed by atoms with E-state index in [2.05, 4.69) is 25.4 Å². The van der Waals surface area contributed by atoms with Gasteiger partial charge >= 0.3 is 5.91 Å². The van der Waals surface area contributed by atoms with Crippen molar-refractivity contribution in [2.45, 2.75) is 6.61 Å².